The zero-order chi connectivity index (χ0) is 20.4. The minimum Gasteiger partial charge on any atom is -0.322 e. The van der Waals surface area contributed by atoms with Gasteiger partial charge in [0.15, 0.2) is 0 Å². The van der Waals surface area contributed by atoms with Gasteiger partial charge in [-0.2, -0.15) is 5.10 Å². The molecule has 5 nitrogen and oxygen atoms in total. The SMILES string of the molecule is Cc1ccc(-n2ncc(C(=O)Nc3cccc(Cl)c3)c2C2CCNCC2)cc1Cl.Cl. The standard InChI is InChI=1S/C22H22Cl2N4O.ClH/c1-14-5-6-18(12-20(14)24)28-21(15-7-9-25-10-8-15)19(13-26-28)22(29)27-17-4-2-3-16(23)11-17;/h2-6,11-13,15,25H,7-10H2,1H3,(H,27,29);1H. The summed E-state index contributed by atoms with van der Waals surface area (Å²) in [6, 6.07) is 13.0. The van der Waals surface area contributed by atoms with Crippen LogP contribution in [0.3, 0.4) is 0 Å². The van der Waals surface area contributed by atoms with Crippen molar-refractivity contribution in [1.29, 1.82) is 0 Å². The molecule has 0 bridgehead atoms. The van der Waals surface area contributed by atoms with Crippen molar-refractivity contribution in [3.8, 4) is 5.69 Å². The third-order valence-corrected chi connectivity index (χ3v) is 5.90. The average Bonchev–Trinajstić information content (AvgIpc) is 3.16. The molecule has 0 atom stereocenters. The second kappa shape index (κ2) is 9.84. The fourth-order valence-corrected chi connectivity index (χ4v) is 4.07. The molecule has 30 heavy (non-hydrogen) atoms. The number of nitrogens with one attached hydrogen (secondary N) is 2. The summed E-state index contributed by atoms with van der Waals surface area (Å²) in [5.74, 6) is 0.0456. The number of nitrogens with zero attached hydrogens (tertiary/aromatic N) is 2. The van der Waals surface area contributed by atoms with Crippen LogP contribution in [-0.4, -0.2) is 28.8 Å². The third-order valence-electron chi connectivity index (χ3n) is 5.26. The van der Waals surface area contributed by atoms with E-state index in [4.69, 9.17) is 23.2 Å². The second-order valence-corrected chi connectivity index (χ2v) is 8.12. The van der Waals surface area contributed by atoms with Gasteiger partial charge in [-0.15, -0.1) is 12.4 Å². The van der Waals surface area contributed by atoms with Crippen LogP contribution in [-0.2, 0) is 0 Å². The Bertz CT molecular complexity index is 1040. The first-order valence-electron chi connectivity index (χ1n) is 9.65. The molecule has 1 amide bonds. The van der Waals surface area contributed by atoms with Crippen LogP contribution in [0.1, 0.15) is 40.4 Å². The van der Waals surface area contributed by atoms with Gasteiger partial charge < -0.3 is 10.6 Å². The molecule has 0 saturated carbocycles. The highest BCUT2D eigenvalue weighted by atomic mass is 35.5. The maximum absolute atomic E-state index is 13.1. The summed E-state index contributed by atoms with van der Waals surface area (Å²) in [5, 5.41) is 12.1. The number of aromatic nitrogens is 2. The maximum Gasteiger partial charge on any atom is 0.259 e. The predicted octanol–water partition coefficient (Wildman–Crippen LogP) is 5.63. The Morgan fingerprint density at radius 2 is 1.93 bits per heavy atom. The number of carbonyl (C=O) groups is 1. The topological polar surface area (TPSA) is 59.0 Å². The zero-order valence-electron chi connectivity index (χ0n) is 16.5. The number of amides is 1. The van der Waals surface area contributed by atoms with Crippen LogP contribution < -0.4 is 10.6 Å². The van der Waals surface area contributed by atoms with E-state index >= 15 is 0 Å². The Balaban J connectivity index is 0.00000256. The second-order valence-electron chi connectivity index (χ2n) is 7.28. The van der Waals surface area contributed by atoms with Gasteiger partial charge in [0.2, 0.25) is 0 Å². The van der Waals surface area contributed by atoms with Crippen molar-refractivity contribution < 1.29 is 4.79 Å². The largest absolute Gasteiger partial charge is 0.322 e. The molecule has 8 heteroatoms. The summed E-state index contributed by atoms with van der Waals surface area (Å²) in [6.07, 6.45) is 3.54. The molecular formula is C22H23Cl3N4O. The zero-order valence-corrected chi connectivity index (χ0v) is 18.8. The molecule has 2 N–H and O–H groups in total. The van der Waals surface area contributed by atoms with Crippen LogP contribution in [0.5, 0.6) is 0 Å². The molecule has 2 heterocycles. The molecule has 1 aliphatic rings. The number of hydrogen-bond donors (Lipinski definition) is 2. The third kappa shape index (κ3) is 4.81. The normalized spacial score (nSPS) is 14.2. The number of anilines is 1. The monoisotopic (exact) mass is 464 g/mol. The molecule has 0 aliphatic carbocycles. The maximum atomic E-state index is 13.1. The molecule has 0 unspecified atom stereocenters. The predicted molar refractivity (Wildman–Crippen MR) is 125 cm³/mol. The highest BCUT2D eigenvalue weighted by Crippen LogP contribution is 2.32. The molecule has 4 rings (SSSR count). The van der Waals surface area contributed by atoms with Gasteiger partial charge in [0.1, 0.15) is 0 Å². The van der Waals surface area contributed by atoms with E-state index in [0.717, 1.165) is 42.9 Å². The molecule has 0 radical (unpaired) electrons. The molecule has 158 valence electrons. The summed E-state index contributed by atoms with van der Waals surface area (Å²) in [7, 11) is 0. The van der Waals surface area contributed by atoms with E-state index in [0.29, 0.717) is 21.3 Å². The van der Waals surface area contributed by atoms with Crippen molar-refractivity contribution in [3.05, 3.63) is 75.5 Å². The quantitative estimate of drug-likeness (QED) is 0.525. The van der Waals surface area contributed by atoms with Gasteiger partial charge in [0.05, 0.1) is 23.1 Å². The molecule has 1 aliphatic heterocycles. The summed E-state index contributed by atoms with van der Waals surface area (Å²) in [5.41, 5.74) is 4.02. The van der Waals surface area contributed by atoms with E-state index < -0.39 is 0 Å². The minimum absolute atomic E-state index is 0. The molecule has 3 aromatic rings. The Hall–Kier alpha value is -2.05. The number of piperidine rings is 1. The van der Waals surface area contributed by atoms with E-state index in [-0.39, 0.29) is 24.2 Å². The van der Waals surface area contributed by atoms with E-state index in [2.05, 4.69) is 15.7 Å². The Morgan fingerprint density at radius 3 is 2.63 bits per heavy atom. The van der Waals surface area contributed by atoms with Crippen LogP contribution in [0.25, 0.3) is 5.69 Å². The summed E-state index contributed by atoms with van der Waals surface area (Å²) in [6.45, 7) is 3.80. The highest BCUT2D eigenvalue weighted by molar-refractivity contribution is 6.31. The first-order valence-corrected chi connectivity index (χ1v) is 10.4. The Labute approximate surface area is 192 Å². The van der Waals surface area contributed by atoms with Gasteiger partial charge in [-0.3, -0.25) is 4.79 Å². The van der Waals surface area contributed by atoms with Crippen LogP contribution in [0, 0.1) is 6.92 Å². The number of hydrogen-bond acceptors (Lipinski definition) is 3. The van der Waals surface area contributed by atoms with Crippen LogP contribution >= 0.6 is 35.6 Å². The lowest BCUT2D eigenvalue weighted by Gasteiger charge is -2.25. The van der Waals surface area contributed by atoms with Gasteiger partial charge in [-0.25, -0.2) is 4.68 Å². The van der Waals surface area contributed by atoms with E-state index in [1.54, 1.807) is 18.3 Å². The van der Waals surface area contributed by atoms with Gasteiger partial charge in [-0.05, 0) is 68.8 Å². The van der Waals surface area contributed by atoms with E-state index in [1.807, 2.05) is 41.9 Å². The molecule has 1 fully saturated rings. The van der Waals surface area contributed by atoms with Crippen molar-refractivity contribution in [1.82, 2.24) is 15.1 Å². The lowest BCUT2D eigenvalue weighted by molar-refractivity contribution is 0.102. The van der Waals surface area contributed by atoms with Crippen molar-refractivity contribution in [2.24, 2.45) is 0 Å². The molecule has 1 saturated heterocycles. The number of carbonyl (C=O) groups excluding carboxylic acids is 1. The lowest BCUT2D eigenvalue weighted by Crippen LogP contribution is -2.29. The lowest BCUT2D eigenvalue weighted by atomic mass is 9.91. The number of aryl methyl sites for hydroxylation is 1. The van der Waals surface area contributed by atoms with Gasteiger partial charge in [0.25, 0.3) is 5.91 Å². The number of rotatable bonds is 4. The van der Waals surface area contributed by atoms with Crippen molar-refractivity contribution in [3.63, 3.8) is 0 Å². The Kier molecular flexibility index (Phi) is 7.42. The summed E-state index contributed by atoms with van der Waals surface area (Å²) >= 11 is 12.4. The van der Waals surface area contributed by atoms with E-state index in [9.17, 15) is 4.79 Å². The number of halogens is 3. The minimum atomic E-state index is -0.190. The summed E-state index contributed by atoms with van der Waals surface area (Å²) in [4.78, 5) is 13.1. The molecule has 1 aromatic heterocycles. The fourth-order valence-electron chi connectivity index (χ4n) is 3.70. The molecule has 2 aromatic carbocycles. The van der Waals surface area contributed by atoms with Gasteiger partial charge in [-0.1, -0.05) is 35.3 Å². The van der Waals surface area contributed by atoms with Crippen molar-refractivity contribution in [2.45, 2.75) is 25.7 Å². The Morgan fingerprint density at radius 1 is 1.17 bits per heavy atom. The highest BCUT2D eigenvalue weighted by Gasteiger charge is 2.27. The first kappa shape index (κ1) is 22.6. The summed E-state index contributed by atoms with van der Waals surface area (Å²) < 4.78 is 1.86. The number of benzene rings is 2. The molecular weight excluding hydrogens is 443 g/mol. The molecule has 0 spiro atoms. The smallest absolute Gasteiger partial charge is 0.259 e. The first-order chi connectivity index (χ1) is 14.0. The van der Waals surface area contributed by atoms with Gasteiger partial charge in [0, 0.05) is 21.7 Å². The van der Waals surface area contributed by atoms with Crippen LogP contribution in [0.2, 0.25) is 10.0 Å². The average molecular weight is 466 g/mol. The van der Waals surface area contributed by atoms with Crippen LogP contribution in [0.15, 0.2) is 48.7 Å². The van der Waals surface area contributed by atoms with Crippen LogP contribution in [0.4, 0.5) is 5.69 Å². The van der Waals surface area contributed by atoms with Crippen molar-refractivity contribution >= 4 is 47.2 Å². The fraction of sp³-hybridized carbons (Fsp3) is 0.273. The van der Waals surface area contributed by atoms with Crippen molar-refractivity contribution in [2.75, 3.05) is 18.4 Å². The van der Waals surface area contributed by atoms with E-state index in [1.165, 1.54) is 0 Å². The van der Waals surface area contributed by atoms with Gasteiger partial charge >= 0.3 is 0 Å².